The average molecular weight is 354 g/mol. The second-order valence-corrected chi connectivity index (χ2v) is 5.93. The lowest BCUT2D eigenvalue weighted by atomic mass is 10.2. The van der Waals surface area contributed by atoms with Crippen LogP contribution in [0.25, 0.3) is 0 Å². The third-order valence-electron chi connectivity index (χ3n) is 3.63. The zero-order chi connectivity index (χ0) is 14.8. The molecule has 1 N–H and O–H groups in total. The molecule has 7 heteroatoms. The van der Waals surface area contributed by atoms with Crippen molar-refractivity contribution >= 4 is 33.4 Å². The van der Waals surface area contributed by atoms with E-state index in [1.54, 1.807) is 17.0 Å². The number of rotatable bonds is 2. The molecular weight excluding hydrogens is 338 g/mol. The van der Waals surface area contributed by atoms with Crippen LogP contribution in [-0.2, 0) is 9.59 Å². The van der Waals surface area contributed by atoms with Gasteiger partial charge in [0.15, 0.2) is 6.61 Å². The van der Waals surface area contributed by atoms with E-state index in [0.29, 0.717) is 24.5 Å². The summed E-state index contributed by atoms with van der Waals surface area (Å²) < 4.78 is 6.25. The van der Waals surface area contributed by atoms with E-state index in [-0.39, 0.29) is 25.0 Å². The maximum absolute atomic E-state index is 12.4. The van der Waals surface area contributed by atoms with Crippen molar-refractivity contribution in [1.82, 2.24) is 10.2 Å². The van der Waals surface area contributed by atoms with Crippen LogP contribution in [0.4, 0.5) is 5.69 Å². The average Bonchev–Trinajstić information content (AvgIpc) is 2.51. The Bertz CT molecular complexity index is 573. The molecule has 2 aliphatic heterocycles. The van der Waals surface area contributed by atoms with E-state index in [2.05, 4.69) is 21.2 Å². The van der Waals surface area contributed by atoms with Gasteiger partial charge in [0, 0.05) is 30.7 Å². The van der Waals surface area contributed by atoms with Crippen molar-refractivity contribution in [3.05, 3.63) is 22.7 Å². The number of nitrogens with one attached hydrogen (secondary N) is 1. The number of ether oxygens (including phenoxy) is 1. The fraction of sp³-hybridized carbons (Fsp3) is 0.429. The van der Waals surface area contributed by atoms with Crippen molar-refractivity contribution in [2.45, 2.75) is 0 Å². The van der Waals surface area contributed by atoms with Gasteiger partial charge < -0.3 is 15.0 Å². The summed E-state index contributed by atoms with van der Waals surface area (Å²) in [7, 11) is 0. The molecule has 2 amide bonds. The molecule has 0 aliphatic carbocycles. The SMILES string of the molecule is O=C(CN1C(=O)COc2ccc(Br)cc21)N1CCNCC1. The molecule has 0 unspecified atom stereocenters. The van der Waals surface area contributed by atoms with Gasteiger partial charge in [-0.3, -0.25) is 14.5 Å². The smallest absolute Gasteiger partial charge is 0.265 e. The van der Waals surface area contributed by atoms with Gasteiger partial charge in [-0.15, -0.1) is 0 Å². The van der Waals surface area contributed by atoms with Crippen molar-refractivity contribution in [3.63, 3.8) is 0 Å². The van der Waals surface area contributed by atoms with Crippen molar-refractivity contribution < 1.29 is 14.3 Å². The lowest BCUT2D eigenvalue weighted by Gasteiger charge is -2.33. The molecule has 1 saturated heterocycles. The highest BCUT2D eigenvalue weighted by Gasteiger charge is 2.29. The van der Waals surface area contributed by atoms with Gasteiger partial charge in [-0.25, -0.2) is 0 Å². The lowest BCUT2D eigenvalue weighted by Crippen LogP contribution is -2.51. The quantitative estimate of drug-likeness (QED) is 0.845. The summed E-state index contributed by atoms with van der Waals surface area (Å²) in [6.45, 7) is 3.00. The molecule has 0 saturated carbocycles. The Morgan fingerprint density at radius 2 is 2.10 bits per heavy atom. The number of anilines is 1. The number of carbonyl (C=O) groups is 2. The van der Waals surface area contributed by atoms with Crippen LogP contribution in [0, 0.1) is 0 Å². The van der Waals surface area contributed by atoms with E-state index in [1.807, 2.05) is 6.07 Å². The molecule has 0 atom stereocenters. The minimum absolute atomic E-state index is 0.0243. The first kappa shape index (κ1) is 14.3. The summed E-state index contributed by atoms with van der Waals surface area (Å²) in [5, 5.41) is 3.20. The van der Waals surface area contributed by atoms with Crippen LogP contribution in [0.15, 0.2) is 22.7 Å². The molecule has 0 aromatic heterocycles. The fourth-order valence-corrected chi connectivity index (χ4v) is 2.85. The number of carbonyl (C=O) groups excluding carboxylic acids is 2. The Labute approximate surface area is 131 Å². The Morgan fingerprint density at radius 3 is 2.86 bits per heavy atom. The second kappa shape index (κ2) is 6.03. The second-order valence-electron chi connectivity index (χ2n) is 5.01. The zero-order valence-electron chi connectivity index (χ0n) is 11.5. The minimum Gasteiger partial charge on any atom is -0.482 e. The van der Waals surface area contributed by atoms with Gasteiger partial charge in [-0.2, -0.15) is 0 Å². The summed E-state index contributed by atoms with van der Waals surface area (Å²) >= 11 is 3.38. The predicted molar refractivity (Wildman–Crippen MR) is 81.4 cm³/mol. The topological polar surface area (TPSA) is 61.9 Å². The molecule has 2 heterocycles. The predicted octanol–water partition coefficient (Wildman–Crippen LogP) is 0.606. The first-order chi connectivity index (χ1) is 10.1. The summed E-state index contributed by atoms with van der Waals surface area (Å²) in [5.41, 5.74) is 0.643. The Morgan fingerprint density at radius 1 is 1.33 bits per heavy atom. The van der Waals surface area contributed by atoms with Crippen LogP contribution in [0.2, 0.25) is 0 Å². The molecule has 1 aromatic rings. The highest BCUT2D eigenvalue weighted by Crippen LogP contribution is 2.34. The first-order valence-corrected chi connectivity index (χ1v) is 7.65. The van der Waals surface area contributed by atoms with Crippen LogP contribution >= 0.6 is 15.9 Å². The van der Waals surface area contributed by atoms with Crippen LogP contribution in [0.1, 0.15) is 0 Å². The van der Waals surface area contributed by atoms with Crippen molar-refractivity contribution in [3.8, 4) is 5.75 Å². The van der Waals surface area contributed by atoms with Gasteiger partial charge in [0.25, 0.3) is 5.91 Å². The monoisotopic (exact) mass is 353 g/mol. The lowest BCUT2D eigenvalue weighted by molar-refractivity contribution is -0.132. The number of benzene rings is 1. The number of hydrogen-bond donors (Lipinski definition) is 1. The van der Waals surface area contributed by atoms with Crippen LogP contribution in [0.3, 0.4) is 0 Å². The van der Waals surface area contributed by atoms with E-state index in [1.165, 1.54) is 4.90 Å². The fourth-order valence-electron chi connectivity index (χ4n) is 2.50. The molecule has 21 heavy (non-hydrogen) atoms. The van der Waals surface area contributed by atoms with Crippen molar-refractivity contribution in [2.75, 3.05) is 44.2 Å². The number of piperazine rings is 1. The number of halogens is 1. The number of amides is 2. The van der Waals surface area contributed by atoms with E-state index in [9.17, 15) is 9.59 Å². The number of nitrogens with zero attached hydrogens (tertiary/aromatic N) is 2. The number of fused-ring (bicyclic) bond motifs is 1. The summed E-state index contributed by atoms with van der Waals surface area (Å²) in [6.07, 6.45) is 0. The largest absolute Gasteiger partial charge is 0.482 e. The van der Waals surface area contributed by atoms with Gasteiger partial charge in [-0.05, 0) is 18.2 Å². The van der Waals surface area contributed by atoms with Gasteiger partial charge in [0.05, 0.1) is 5.69 Å². The molecule has 6 nitrogen and oxygen atoms in total. The molecule has 112 valence electrons. The molecule has 0 spiro atoms. The Hall–Kier alpha value is -1.60. The molecule has 0 bridgehead atoms. The molecule has 0 radical (unpaired) electrons. The van der Waals surface area contributed by atoms with Crippen LogP contribution in [0.5, 0.6) is 5.75 Å². The van der Waals surface area contributed by atoms with Crippen LogP contribution in [-0.4, -0.2) is 56.0 Å². The van der Waals surface area contributed by atoms with E-state index in [4.69, 9.17) is 4.74 Å². The van der Waals surface area contributed by atoms with Gasteiger partial charge in [0.1, 0.15) is 12.3 Å². The zero-order valence-corrected chi connectivity index (χ0v) is 13.1. The van der Waals surface area contributed by atoms with Crippen molar-refractivity contribution in [2.24, 2.45) is 0 Å². The van der Waals surface area contributed by atoms with Crippen molar-refractivity contribution in [1.29, 1.82) is 0 Å². The molecular formula is C14H16BrN3O3. The Balaban J connectivity index is 1.79. The normalized spacial score (nSPS) is 18.2. The van der Waals surface area contributed by atoms with Crippen LogP contribution < -0.4 is 15.0 Å². The number of hydrogen-bond acceptors (Lipinski definition) is 4. The van der Waals surface area contributed by atoms with E-state index in [0.717, 1.165) is 17.6 Å². The van der Waals surface area contributed by atoms with E-state index < -0.39 is 0 Å². The first-order valence-electron chi connectivity index (χ1n) is 6.86. The maximum Gasteiger partial charge on any atom is 0.265 e. The van der Waals surface area contributed by atoms with Gasteiger partial charge >= 0.3 is 0 Å². The molecule has 1 aromatic carbocycles. The molecule has 3 rings (SSSR count). The van der Waals surface area contributed by atoms with Gasteiger partial charge in [0.2, 0.25) is 5.91 Å². The highest BCUT2D eigenvalue weighted by molar-refractivity contribution is 9.10. The maximum atomic E-state index is 12.4. The molecule has 1 fully saturated rings. The standard InChI is InChI=1S/C14H16BrN3O3/c15-10-1-2-12-11(7-10)18(14(20)9-21-12)8-13(19)17-5-3-16-4-6-17/h1-2,7,16H,3-6,8-9H2. The summed E-state index contributed by atoms with van der Waals surface area (Å²) in [5.74, 6) is 0.410. The highest BCUT2D eigenvalue weighted by atomic mass is 79.9. The minimum atomic E-state index is -0.191. The summed E-state index contributed by atoms with van der Waals surface area (Å²) in [6, 6.07) is 5.45. The summed E-state index contributed by atoms with van der Waals surface area (Å²) in [4.78, 5) is 27.7. The molecule has 2 aliphatic rings. The third kappa shape index (κ3) is 3.03. The third-order valence-corrected chi connectivity index (χ3v) is 4.12. The Kier molecular flexibility index (Phi) is 4.12. The van der Waals surface area contributed by atoms with E-state index >= 15 is 0 Å². The van der Waals surface area contributed by atoms with Gasteiger partial charge in [-0.1, -0.05) is 15.9 Å².